The highest BCUT2D eigenvalue weighted by Gasteiger charge is 2.57. The number of aromatic amines is 1. The van der Waals surface area contributed by atoms with Crippen molar-refractivity contribution in [2.45, 2.75) is 139 Å². The van der Waals surface area contributed by atoms with Crippen LogP contribution in [-0.4, -0.2) is 202 Å². The van der Waals surface area contributed by atoms with Gasteiger partial charge in [-0.2, -0.15) is 40.4 Å². The zero-order chi connectivity index (χ0) is 103. The van der Waals surface area contributed by atoms with Gasteiger partial charge in [0.1, 0.15) is 17.0 Å². The Morgan fingerprint density at radius 1 is 0.439 bits per heavy atom. The van der Waals surface area contributed by atoms with Crippen molar-refractivity contribution < 1.29 is 38.3 Å². The molecule has 6 atom stereocenters. The van der Waals surface area contributed by atoms with E-state index in [1.165, 1.54) is 41.6 Å². The zero-order valence-corrected chi connectivity index (χ0v) is 84.6. The second-order valence-corrected chi connectivity index (χ2v) is 40.0. The lowest BCUT2D eigenvalue weighted by atomic mass is 9.49. The van der Waals surface area contributed by atoms with Gasteiger partial charge >= 0.3 is 12.1 Å². The number of benzene rings is 11. The summed E-state index contributed by atoms with van der Waals surface area (Å²) in [6, 6.07) is 106. The van der Waals surface area contributed by atoms with Crippen LogP contribution >= 0.6 is 11.8 Å². The Morgan fingerprint density at radius 2 is 0.845 bits per heavy atom. The van der Waals surface area contributed by atoms with E-state index < -0.39 is 11.7 Å². The van der Waals surface area contributed by atoms with Gasteiger partial charge in [-0.1, -0.05) is 302 Å². The number of hydrazone groups is 6. The Morgan fingerprint density at radius 3 is 1.30 bits per heavy atom. The first-order valence-electron chi connectivity index (χ1n) is 50.5. The second-order valence-electron chi connectivity index (χ2n) is 39.1. The minimum Gasteiger partial charge on any atom is -0.444 e. The number of aromatic nitrogens is 6. The average molecular weight is 2000 g/mol. The molecule has 7 aliphatic heterocycles. The summed E-state index contributed by atoms with van der Waals surface area (Å²) < 4.78 is 6.80. The molecule has 5 N–H and O–H groups in total. The van der Waals surface area contributed by atoms with E-state index in [1.807, 2.05) is 336 Å². The van der Waals surface area contributed by atoms with Crippen molar-refractivity contribution in [1.29, 1.82) is 0 Å². The molecule has 4 aliphatic carbocycles. The first kappa shape index (κ1) is 103. The number of carbonyl (C=O) groups is 7. The zero-order valence-electron chi connectivity index (χ0n) is 83.8. The number of rotatable bonds is 20. The lowest BCUT2D eigenvalue weighted by molar-refractivity contribution is -0.159. The molecule has 1 saturated heterocycles. The molecule has 13 aromatic rings. The third kappa shape index (κ3) is 27.2. The number of carbonyl (C=O) groups excluding carboxylic acids is 7. The van der Waals surface area contributed by atoms with E-state index >= 15 is 0 Å². The highest BCUT2D eigenvalue weighted by molar-refractivity contribution is 7.99. The Kier molecular flexibility index (Phi) is 35.0. The molecule has 11 aromatic carbocycles. The fourth-order valence-corrected chi connectivity index (χ4v) is 21.2. The SMILES string of the molecule is CC(C)(C)OC(=O)Nc1ccc(-c2ccn[nH]2)cc1.CN1CCN(CC(=O)N2N=CCC2c2ccccc2)CC1.Cc1ccc(C(=O)C2=NNCC2c2ccccc2)cc1.O=C(C1=NNCC1c1ccccc1)c1ccccc1.O=C(CSc1nnnn1-c1ccccc1)N1N=CCC1c1ccccc1.O=C(N1N=CCC1c1ccccc1)C12CC3CC(CC(C3)C1)C2.O=C(Nc1ccccc1)N1N=CCC1c1ccccc1. The topological polar surface area (TPSA) is 343 Å². The summed E-state index contributed by atoms with van der Waals surface area (Å²) in [5.41, 5.74) is 20.1. The number of Topliss-reactive ketones (excluding diaryl/α,β-unsaturated/α-hetero) is 2. The molecule has 11 aliphatic rings. The summed E-state index contributed by atoms with van der Waals surface area (Å²) in [4.78, 5) is 92.2. The molecule has 6 amide bonds. The molecule has 0 spiro atoms. The standard InChI is InChI=1S/C20H24N2O.C18H16N6OS.C17H16N2O.C16H22N4O.C16H15N3O.C16H14N2O.C14H17N3O2/c23-19(20-11-14-8-15(12-20)10-16(9-14)13-20)22-18(6-7-21-22)17-4-2-1-3-5-17;25-17(24-16(11-12-19-24)14-7-3-1-4-8-14)13-26-18-20-21-22-23(18)15-9-5-2-6-10-15;1-12-7-9-14(10-8-12)17(20)16-15(11-18-19-16)13-5-3-2-4-6-13;1-18-9-11-19(12-10-18)13-16(21)20-15(7-8-17-20)14-5-3-2-4-6-14;20-16(18-14-9-5-2-6-10-14)19-15(11-12-17-19)13-7-3-1-4-8-13;19-16(13-9-5-2-6-10-13)15-14(11-17-18-15)12-7-3-1-4-8-12;1-14(2,3)19-13(18)16-11-6-4-10(5-7-11)12-8-9-15-17-12/h1-5,7,14-16,18H,6,8-13H2;1-10,12,16H,11,13H2;2-10,15,18H,11H2,1H3;2-6,8,15H,7,9-13H2,1H3;1-10,12,15H,11H2,(H,18,20);1-10,14,17H,11H2;4-9H,1-3H3,(H,15,17)(H,16,18). The number of H-pyrrole nitrogens is 1. The maximum absolute atomic E-state index is 13.5. The van der Waals surface area contributed by atoms with Gasteiger partial charge in [0.15, 0.2) is 0 Å². The third-order valence-electron chi connectivity index (χ3n) is 27.4. The van der Waals surface area contributed by atoms with Crippen molar-refractivity contribution in [3.05, 3.63) is 384 Å². The number of tetrazole rings is 1. The van der Waals surface area contributed by atoms with Crippen molar-refractivity contribution in [3.8, 4) is 16.9 Å². The Labute approximate surface area is 867 Å². The maximum atomic E-state index is 13.5. The summed E-state index contributed by atoms with van der Waals surface area (Å²) in [5, 5.41) is 56.8. The van der Waals surface area contributed by atoms with Crippen LogP contribution < -0.4 is 21.5 Å². The fraction of sp³-hybridized carbons (Fsp3) is 0.291. The Hall–Kier alpha value is -16.1. The monoisotopic (exact) mass is 2000 g/mol. The van der Waals surface area contributed by atoms with Gasteiger partial charge in [0.05, 0.1) is 65.1 Å². The molecule has 6 unspecified atom stereocenters. The second kappa shape index (κ2) is 50.1. The molecule has 9 heterocycles. The first-order valence-corrected chi connectivity index (χ1v) is 51.5. The average Bonchev–Trinajstić information content (AvgIpc) is 1.06. The van der Waals surface area contributed by atoms with Crippen LogP contribution in [0.2, 0.25) is 0 Å². The van der Waals surface area contributed by atoms with E-state index in [2.05, 4.69) is 131 Å². The van der Waals surface area contributed by atoms with Crippen molar-refractivity contribution in [2.75, 3.05) is 69.2 Å². The molecule has 24 rings (SSSR count). The number of anilines is 2. The van der Waals surface area contributed by atoms with E-state index in [0.717, 1.165) is 145 Å². The lowest BCUT2D eigenvalue weighted by Crippen LogP contribution is -2.53. The van der Waals surface area contributed by atoms with Gasteiger partial charge in [0, 0.05) is 119 Å². The van der Waals surface area contributed by atoms with Gasteiger partial charge in [0.2, 0.25) is 22.6 Å². The number of amides is 6. The van der Waals surface area contributed by atoms with Gasteiger partial charge < -0.3 is 25.8 Å². The number of hydrogen-bond donors (Lipinski definition) is 5. The normalized spacial score (nSPS) is 20.9. The number of hydrogen-bond acceptors (Lipinski definition) is 23. The van der Waals surface area contributed by atoms with Gasteiger partial charge in [-0.15, -0.1) is 5.10 Å². The number of nitrogens with one attached hydrogen (secondary N) is 5. The number of ether oxygens (including phenoxy) is 1. The predicted molar refractivity (Wildman–Crippen MR) is 581 cm³/mol. The number of thioether (sulfide) groups is 1. The van der Waals surface area contributed by atoms with Crippen LogP contribution in [0.15, 0.2) is 370 Å². The van der Waals surface area contributed by atoms with Crippen LogP contribution in [0, 0.1) is 30.1 Å². The number of ketones is 2. The van der Waals surface area contributed by atoms with E-state index in [0.29, 0.717) is 58.9 Å². The Balaban J connectivity index is 0.000000118. The Bertz CT molecular complexity index is 6710. The number of nitrogens with zero attached hydrogens (tertiary/aromatic N) is 17. The number of piperazine rings is 1. The summed E-state index contributed by atoms with van der Waals surface area (Å²) in [6.45, 7) is 13.3. The molecular formula is C117H124N22O8S. The molecule has 756 valence electrons. The summed E-state index contributed by atoms with van der Waals surface area (Å²) in [6.07, 6.45) is 19.2. The largest absolute Gasteiger partial charge is 0.444 e. The van der Waals surface area contributed by atoms with Crippen molar-refractivity contribution in [2.24, 2.45) is 53.8 Å². The van der Waals surface area contributed by atoms with Gasteiger partial charge in [-0.3, -0.25) is 39.3 Å². The number of aryl methyl sites for hydroxylation is 1. The van der Waals surface area contributed by atoms with Crippen LogP contribution in [0.5, 0.6) is 0 Å². The van der Waals surface area contributed by atoms with E-state index in [1.54, 1.807) is 33.3 Å². The predicted octanol–water partition coefficient (Wildman–Crippen LogP) is 20.7. The quantitative estimate of drug-likeness (QED) is 0.0349. The van der Waals surface area contributed by atoms with E-state index in [-0.39, 0.29) is 76.6 Å². The maximum Gasteiger partial charge on any atom is 0.412 e. The van der Waals surface area contributed by atoms with Crippen LogP contribution in [0.25, 0.3) is 16.9 Å². The highest BCUT2D eigenvalue weighted by atomic mass is 32.2. The molecule has 4 saturated carbocycles. The first-order chi connectivity index (χ1) is 72.2. The minimum absolute atomic E-state index is 0.000506. The van der Waals surface area contributed by atoms with Crippen molar-refractivity contribution in [1.82, 2.24) is 71.1 Å². The van der Waals surface area contributed by atoms with E-state index in [9.17, 15) is 33.6 Å². The molecule has 31 heteroatoms. The summed E-state index contributed by atoms with van der Waals surface area (Å²) in [5.74, 6) is 3.03. The number of likely N-dealkylation sites (N-methyl/N-ethyl adjacent to an activating group) is 1. The summed E-state index contributed by atoms with van der Waals surface area (Å²) in [7, 11) is 2.12. The molecular weight excluding hydrogens is 1870 g/mol. The van der Waals surface area contributed by atoms with Crippen LogP contribution in [0.1, 0.15) is 181 Å². The molecule has 0 radical (unpaired) electrons. The minimum atomic E-state index is -0.500. The number of para-hydroxylation sites is 2. The molecule has 4 bridgehead atoms. The smallest absolute Gasteiger partial charge is 0.412 e. The molecule has 148 heavy (non-hydrogen) atoms. The van der Waals surface area contributed by atoms with Crippen LogP contribution in [-0.2, 0) is 19.1 Å². The van der Waals surface area contributed by atoms with Crippen LogP contribution in [0.3, 0.4) is 0 Å². The molecule has 5 fully saturated rings. The number of urea groups is 1. The summed E-state index contributed by atoms with van der Waals surface area (Å²) >= 11 is 1.30. The van der Waals surface area contributed by atoms with Crippen molar-refractivity contribution >= 4 is 101 Å². The van der Waals surface area contributed by atoms with Gasteiger partial charge in [-0.25, -0.2) is 29.6 Å². The highest BCUT2D eigenvalue weighted by Crippen LogP contribution is 2.61. The molecule has 30 nitrogen and oxygen atoms in total. The van der Waals surface area contributed by atoms with Gasteiger partial charge in [-0.05, 0) is 183 Å². The van der Waals surface area contributed by atoms with Gasteiger partial charge in [0.25, 0.3) is 11.8 Å². The fourth-order valence-electron chi connectivity index (χ4n) is 20.4. The lowest BCUT2D eigenvalue weighted by Gasteiger charge is -2.56. The van der Waals surface area contributed by atoms with Crippen molar-refractivity contribution in [3.63, 3.8) is 0 Å². The van der Waals surface area contributed by atoms with Crippen LogP contribution in [0.4, 0.5) is 21.0 Å². The van der Waals surface area contributed by atoms with E-state index in [4.69, 9.17) is 4.74 Å². The third-order valence-corrected chi connectivity index (χ3v) is 28.3. The molecule has 2 aromatic heterocycles.